The number of halogens is 1. The molecule has 2 heterocycles. The first-order valence-corrected chi connectivity index (χ1v) is 11.5. The van der Waals surface area contributed by atoms with E-state index >= 15 is 0 Å². The number of unbranched alkanes of at least 4 members (excludes halogenated alkanes) is 1. The lowest BCUT2D eigenvalue weighted by molar-refractivity contribution is 0.103. The summed E-state index contributed by atoms with van der Waals surface area (Å²) in [4.78, 5) is 13.4. The number of aromatic nitrogens is 1. The number of ether oxygens (including phenoxy) is 1. The standard InChI is InChI=1S/C26H33ClN2O2/c1-5-6-10-21-23(27)22-11-7-8-17-29(22)24(21)25(30)19-12-14-20(15-13-19)31-18-9-16-28-26(2,3)4/h7-8,11-15,17,28H,5-6,9-10,16,18H2,1-4H3. The number of carbonyl (C=O) groups excluding carboxylic acids is 1. The Morgan fingerprint density at radius 1 is 1.10 bits per heavy atom. The van der Waals surface area contributed by atoms with Crippen molar-refractivity contribution in [3.05, 3.63) is 70.5 Å². The number of hydrogen-bond donors (Lipinski definition) is 1. The van der Waals surface area contributed by atoms with Gasteiger partial charge in [0.1, 0.15) is 5.75 Å². The third-order valence-corrected chi connectivity index (χ3v) is 5.66. The summed E-state index contributed by atoms with van der Waals surface area (Å²) >= 11 is 6.67. The molecule has 0 amide bonds. The van der Waals surface area contributed by atoms with Gasteiger partial charge in [-0.1, -0.05) is 31.0 Å². The molecule has 0 aliphatic rings. The summed E-state index contributed by atoms with van der Waals surface area (Å²) in [5.74, 6) is 0.761. The Morgan fingerprint density at radius 3 is 2.52 bits per heavy atom. The Morgan fingerprint density at radius 2 is 1.84 bits per heavy atom. The normalized spacial score (nSPS) is 11.8. The van der Waals surface area contributed by atoms with Crippen molar-refractivity contribution in [3.63, 3.8) is 0 Å². The van der Waals surface area contributed by atoms with Gasteiger partial charge in [0.25, 0.3) is 0 Å². The zero-order valence-corrected chi connectivity index (χ0v) is 19.8. The maximum absolute atomic E-state index is 13.4. The minimum Gasteiger partial charge on any atom is -0.494 e. The number of rotatable bonds is 10. The van der Waals surface area contributed by atoms with Crippen molar-refractivity contribution >= 4 is 22.9 Å². The predicted octanol–water partition coefficient (Wildman–Crippen LogP) is 6.32. The van der Waals surface area contributed by atoms with Gasteiger partial charge in [0, 0.05) is 22.9 Å². The monoisotopic (exact) mass is 440 g/mol. The summed E-state index contributed by atoms with van der Waals surface area (Å²) in [6.45, 7) is 10.1. The van der Waals surface area contributed by atoms with Crippen LogP contribution in [0.1, 0.15) is 68.6 Å². The van der Waals surface area contributed by atoms with E-state index in [-0.39, 0.29) is 11.3 Å². The molecule has 0 saturated heterocycles. The number of carbonyl (C=O) groups is 1. The van der Waals surface area contributed by atoms with Gasteiger partial charge < -0.3 is 14.5 Å². The molecule has 31 heavy (non-hydrogen) atoms. The molecular formula is C26H33ClN2O2. The first-order valence-electron chi connectivity index (χ1n) is 11.1. The van der Waals surface area contributed by atoms with Crippen LogP contribution in [0.5, 0.6) is 5.75 Å². The molecule has 0 spiro atoms. The molecule has 3 aromatic rings. The zero-order chi connectivity index (χ0) is 22.4. The van der Waals surface area contributed by atoms with E-state index in [4.69, 9.17) is 16.3 Å². The van der Waals surface area contributed by atoms with Crippen LogP contribution in [-0.4, -0.2) is 28.9 Å². The maximum atomic E-state index is 13.4. The molecule has 0 aliphatic carbocycles. The van der Waals surface area contributed by atoms with Crippen LogP contribution in [0.15, 0.2) is 48.7 Å². The fraction of sp³-hybridized carbons (Fsp3) is 0.423. The maximum Gasteiger partial charge on any atom is 0.210 e. The molecule has 0 radical (unpaired) electrons. The minimum absolute atomic E-state index is 0.0138. The van der Waals surface area contributed by atoms with Gasteiger partial charge in [0.2, 0.25) is 5.78 Å². The lowest BCUT2D eigenvalue weighted by atomic mass is 10.0. The molecule has 0 aliphatic heterocycles. The van der Waals surface area contributed by atoms with Gasteiger partial charge in [0.05, 0.1) is 22.8 Å². The second-order valence-electron chi connectivity index (χ2n) is 8.93. The number of benzene rings is 1. The van der Waals surface area contributed by atoms with Crippen LogP contribution in [0.2, 0.25) is 5.02 Å². The first-order chi connectivity index (χ1) is 14.8. The average Bonchev–Trinajstić information content (AvgIpc) is 3.03. The van der Waals surface area contributed by atoms with Crippen LogP contribution < -0.4 is 10.1 Å². The topological polar surface area (TPSA) is 42.7 Å². The summed E-state index contributed by atoms with van der Waals surface area (Å²) in [5.41, 5.74) is 3.23. The SMILES string of the molecule is CCCCc1c(Cl)c2ccccn2c1C(=O)c1ccc(OCCCNC(C)(C)C)cc1. The number of fused-ring (bicyclic) bond motifs is 1. The predicted molar refractivity (Wildman–Crippen MR) is 129 cm³/mol. The Kier molecular flexibility index (Phi) is 7.79. The van der Waals surface area contributed by atoms with Crippen LogP contribution in [0.25, 0.3) is 5.52 Å². The third-order valence-electron chi connectivity index (χ3n) is 5.23. The summed E-state index contributed by atoms with van der Waals surface area (Å²) < 4.78 is 7.75. The van der Waals surface area contributed by atoms with Gasteiger partial charge in [-0.3, -0.25) is 4.79 Å². The van der Waals surface area contributed by atoms with Gasteiger partial charge in [-0.15, -0.1) is 0 Å². The second-order valence-corrected chi connectivity index (χ2v) is 9.31. The Bertz CT molecular complexity index is 1020. The first kappa shape index (κ1) is 23.4. The van der Waals surface area contributed by atoms with E-state index in [1.54, 1.807) is 0 Å². The summed E-state index contributed by atoms with van der Waals surface area (Å²) in [6.07, 6.45) is 5.67. The van der Waals surface area contributed by atoms with Crippen molar-refractivity contribution in [1.82, 2.24) is 9.72 Å². The van der Waals surface area contributed by atoms with Gasteiger partial charge in [0.15, 0.2) is 0 Å². The van der Waals surface area contributed by atoms with Crippen molar-refractivity contribution in [2.75, 3.05) is 13.2 Å². The Labute approximate surface area is 190 Å². The molecule has 4 nitrogen and oxygen atoms in total. The van der Waals surface area contributed by atoms with Crippen molar-refractivity contribution in [3.8, 4) is 5.75 Å². The zero-order valence-electron chi connectivity index (χ0n) is 19.0. The van der Waals surface area contributed by atoms with Gasteiger partial charge in [-0.2, -0.15) is 0 Å². The fourth-order valence-corrected chi connectivity index (χ4v) is 3.95. The van der Waals surface area contributed by atoms with Crippen LogP contribution in [0.3, 0.4) is 0 Å². The quantitative estimate of drug-likeness (QED) is 0.296. The number of ketones is 1. The molecule has 1 N–H and O–H groups in total. The molecule has 1 aromatic carbocycles. The highest BCUT2D eigenvalue weighted by atomic mass is 35.5. The van der Waals surface area contributed by atoms with Gasteiger partial charge >= 0.3 is 0 Å². The molecule has 2 aromatic heterocycles. The van der Waals surface area contributed by atoms with Crippen molar-refractivity contribution in [1.29, 1.82) is 0 Å². The smallest absolute Gasteiger partial charge is 0.210 e. The molecule has 166 valence electrons. The molecular weight excluding hydrogens is 408 g/mol. The summed E-state index contributed by atoms with van der Waals surface area (Å²) in [5, 5.41) is 4.13. The molecule has 3 rings (SSSR count). The highest BCUT2D eigenvalue weighted by molar-refractivity contribution is 6.35. The highest BCUT2D eigenvalue weighted by Gasteiger charge is 2.23. The van der Waals surface area contributed by atoms with Crippen LogP contribution in [-0.2, 0) is 6.42 Å². The average molecular weight is 441 g/mol. The van der Waals surface area contributed by atoms with E-state index in [1.807, 2.05) is 53.1 Å². The molecule has 0 unspecified atom stereocenters. The Hall–Kier alpha value is -2.30. The molecule has 0 bridgehead atoms. The minimum atomic E-state index is -0.0138. The number of nitrogens with zero attached hydrogens (tertiary/aromatic N) is 1. The molecule has 0 atom stereocenters. The summed E-state index contributed by atoms with van der Waals surface area (Å²) in [6, 6.07) is 13.2. The van der Waals surface area contributed by atoms with E-state index in [9.17, 15) is 4.79 Å². The van der Waals surface area contributed by atoms with Crippen LogP contribution in [0.4, 0.5) is 0 Å². The van der Waals surface area contributed by atoms with Crippen molar-refractivity contribution < 1.29 is 9.53 Å². The van der Waals surface area contributed by atoms with Gasteiger partial charge in [-0.25, -0.2) is 0 Å². The van der Waals surface area contributed by atoms with E-state index in [0.717, 1.165) is 49.1 Å². The van der Waals surface area contributed by atoms with E-state index < -0.39 is 0 Å². The van der Waals surface area contributed by atoms with E-state index in [0.29, 0.717) is 22.9 Å². The lowest BCUT2D eigenvalue weighted by Gasteiger charge is -2.20. The number of nitrogens with one attached hydrogen (secondary N) is 1. The van der Waals surface area contributed by atoms with Crippen molar-refractivity contribution in [2.24, 2.45) is 0 Å². The van der Waals surface area contributed by atoms with Crippen molar-refractivity contribution in [2.45, 2.75) is 58.9 Å². The largest absolute Gasteiger partial charge is 0.494 e. The molecule has 0 fully saturated rings. The summed E-state index contributed by atoms with van der Waals surface area (Å²) in [7, 11) is 0. The number of pyridine rings is 1. The fourth-order valence-electron chi connectivity index (χ4n) is 3.61. The van der Waals surface area contributed by atoms with Crippen LogP contribution in [0, 0.1) is 0 Å². The lowest BCUT2D eigenvalue weighted by Crippen LogP contribution is -2.36. The molecule has 0 saturated carbocycles. The van der Waals surface area contributed by atoms with E-state index in [1.165, 1.54) is 0 Å². The third kappa shape index (κ3) is 5.90. The number of hydrogen-bond acceptors (Lipinski definition) is 3. The Balaban J connectivity index is 1.74. The molecule has 5 heteroatoms. The van der Waals surface area contributed by atoms with E-state index in [2.05, 4.69) is 33.0 Å². The van der Waals surface area contributed by atoms with Gasteiger partial charge in [-0.05, 0) is 83.0 Å². The van der Waals surface area contributed by atoms with Crippen LogP contribution >= 0.6 is 11.6 Å². The second kappa shape index (κ2) is 10.3. The highest BCUT2D eigenvalue weighted by Crippen LogP contribution is 2.31.